The Balaban J connectivity index is 3.06. The van der Waals surface area contributed by atoms with E-state index in [4.69, 9.17) is 0 Å². The van der Waals surface area contributed by atoms with Crippen LogP contribution in [0.5, 0.6) is 0 Å². The van der Waals surface area contributed by atoms with Gasteiger partial charge in [0.05, 0.1) is 0 Å². The number of benzene rings is 1. The molecule has 1 aromatic rings. The third kappa shape index (κ3) is 3.08. The minimum absolute atomic E-state index is 0.385. The molecule has 1 nitrogen and oxygen atoms in total. The molecule has 1 atom stereocenters. The fraction of sp³-hybridized carbons (Fsp3) is 0.600. The first-order chi connectivity index (χ1) is 8.60. The van der Waals surface area contributed by atoms with E-state index < -0.39 is 12.0 Å². The molecule has 0 spiro atoms. The Labute approximate surface area is 109 Å². The average molecular weight is 255 g/mol. The summed E-state index contributed by atoms with van der Waals surface area (Å²) in [6.07, 6.45) is -0.241. The van der Waals surface area contributed by atoms with E-state index in [0.717, 1.165) is 12.8 Å². The topological polar surface area (TPSA) is 12.0 Å². The molecule has 18 heavy (non-hydrogen) atoms. The van der Waals surface area contributed by atoms with Crippen molar-refractivity contribution >= 4 is 0 Å². The lowest BCUT2D eigenvalue weighted by Gasteiger charge is -2.34. The first-order valence-corrected chi connectivity index (χ1v) is 6.73. The highest BCUT2D eigenvalue weighted by molar-refractivity contribution is 5.29. The van der Waals surface area contributed by atoms with Gasteiger partial charge < -0.3 is 5.32 Å². The minimum Gasteiger partial charge on any atom is -0.303 e. The first-order valence-electron chi connectivity index (χ1n) is 6.73. The molecule has 0 aliphatic heterocycles. The Bertz CT molecular complexity index is 348. The lowest BCUT2D eigenvalue weighted by molar-refractivity contribution is 0.0244. The van der Waals surface area contributed by atoms with Gasteiger partial charge in [-0.3, -0.25) is 0 Å². The molecular weight excluding hydrogens is 232 g/mol. The Morgan fingerprint density at radius 3 is 2.11 bits per heavy atom. The Morgan fingerprint density at radius 2 is 1.72 bits per heavy atom. The van der Waals surface area contributed by atoms with E-state index in [1.54, 1.807) is 0 Å². The molecule has 3 heteroatoms. The Hall–Kier alpha value is -0.960. The predicted molar refractivity (Wildman–Crippen MR) is 72.1 cm³/mol. The summed E-state index contributed by atoms with van der Waals surface area (Å²) in [6.45, 7) is 6.46. The van der Waals surface area contributed by atoms with Gasteiger partial charge >= 0.3 is 0 Å². The molecule has 102 valence electrons. The van der Waals surface area contributed by atoms with Crippen LogP contribution in [0.15, 0.2) is 24.3 Å². The molecule has 1 N–H and O–H groups in total. The van der Waals surface area contributed by atoms with Crippen LogP contribution in [-0.4, -0.2) is 13.0 Å². The van der Waals surface area contributed by atoms with Crippen LogP contribution in [0, 0.1) is 0 Å². The summed E-state index contributed by atoms with van der Waals surface area (Å²) in [5.74, 6) is 0. The van der Waals surface area contributed by atoms with Crippen LogP contribution in [-0.2, 0) is 12.0 Å². The maximum Gasteiger partial charge on any atom is 0.260 e. The van der Waals surface area contributed by atoms with Crippen LogP contribution in [0.4, 0.5) is 8.78 Å². The SMILES string of the molecule is CCCNC(CC)(c1ccc(CC)cc1)C(F)F. The maximum absolute atomic E-state index is 13.5. The van der Waals surface area contributed by atoms with Gasteiger partial charge in [-0.1, -0.05) is 45.0 Å². The average Bonchev–Trinajstić information content (AvgIpc) is 2.40. The molecule has 0 fully saturated rings. The summed E-state index contributed by atoms with van der Waals surface area (Å²) in [5.41, 5.74) is 0.654. The van der Waals surface area contributed by atoms with E-state index in [9.17, 15) is 8.78 Å². The summed E-state index contributed by atoms with van der Waals surface area (Å²) in [4.78, 5) is 0. The van der Waals surface area contributed by atoms with Gasteiger partial charge in [0, 0.05) is 0 Å². The van der Waals surface area contributed by atoms with Crippen molar-refractivity contribution in [2.45, 2.75) is 52.0 Å². The normalized spacial score (nSPS) is 14.8. The summed E-state index contributed by atoms with van der Waals surface area (Å²) < 4.78 is 27.0. The lowest BCUT2D eigenvalue weighted by atomic mass is 9.86. The summed E-state index contributed by atoms with van der Waals surface area (Å²) in [5, 5.41) is 3.04. The van der Waals surface area contributed by atoms with Gasteiger partial charge in [-0.15, -0.1) is 0 Å². The smallest absolute Gasteiger partial charge is 0.260 e. The number of hydrogen-bond acceptors (Lipinski definition) is 1. The predicted octanol–water partition coefficient (Wildman–Crippen LogP) is 4.12. The van der Waals surface area contributed by atoms with E-state index in [0.29, 0.717) is 18.5 Å². The number of nitrogens with one attached hydrogen (secondary N) is 1. The molecule has 0 saturated heterocycles. The van der Waals surface area contributed by atoms with Gasteiger partial charge in [-0.2, -0.15) is 0 Å². The zero-order valence-electron chi connectivity index (χ0n) is 11.5. The number of rotatable bonds is 7. The van der Waals surface area contributed by atoms with Gasteiger partial charge in [0.1, 0.15) is 5.54 Å². The van der Waals surface area contributed by atoms with Gasteiger partial charge in [0.25, 0.3) is 6.43 Å². The summed E-state index contributed by atoms with van der Waals surface area (Å²) >= 11 is 0. The number of aryl methyl sites for hydroxylation is 1. The molecule has 0 amide bonds. The molecule has 0 radical (unpaired) electrons. The highest BCUT2D eigenvalue weighted by Crippen LogP contribution is 2.32. The fourth-order valence-corrected chi connectivity index (χ4v) is 2.17. The van der Waals surface area contributed by atoms with Crippen LogP contribution in [0.25, 0.3) is 0 Å². The number of hydrogen-bond donors (Lipinski definition) is 1. The van der Waals surface area contributed by atoms with Gasteiger partial charge in [-0.05, 0) is 36.9 Å². The van der Waals surface area contributed by atoms with Crippen molar-refractivity contribution in [3.8, 4) is 0 Å². The quantitative estimate of drug-likeness (QED) is 0.773. The van der Waals surface area contributed by atoms with Crippen LogP contribution in [0.1, 0.15) is 44.7 Å². The highest BCUT2D eigenvalue weighted by Gasteiger charge is 2.39. The van der Waals surface area contributed by atoms with Crippen molar-refractivity contribution in [3.05, 3.63) is 35.4 Å². The molecular formula is C15H23F2N. The monoisotopic (exact) mass is 255 g/mol. The van der Waals surface area contributed by atoms with Crippen LogP contribution in [0.3, 0.4) is 0 Å². The fourth-order valence-electron chi connectivity index (χ4n) is 2.17. The van der Waals surface area contributed by atoms with Gasteiger partial charge in [0.2, 0.25) is 0 Å². The second-order valence-electron chi connectivity index (χ2n) is 4.60. The molecule has 0 heterocycles. The standard InChI is InChI=1S/C15H23F2N/c1-4-11-18-15(6-3,14(16)17)13-9-7-12(5-2)8-10-13/h7-10,14,18H,4-6,11H2,1-3H3. The van der Waals surface area contributed by atoms with Crippen LogP contribution in [0.2, 0.25) is 0 Å². The van der Waals surface area contributed by atoms with E-state index >= 15 is 0 Å². The molecule has 1 aromatic carbocycles. The lowest BCUT2D eigenvalue weighted by Crippen LogP contribution is -2.48. The van der Waals surface area contributed by atoms with Crippen LogP contribution < -0.4 is 5.32 Å². The van der Waals surface area contributed by atoms with E-state index in [2.05, 4.69) is 12.2 Å². The Morgan fingerprint density at radius 1 is 1.11 bits per heavy atom. The van der Waals surface area contributed by atoms with E-state index in [-0.39, 0.29) is 0 Å². The molecule has 0 aromatic heterocycles. The zero-order valence-corrected chi connectivity index (χ0v) is 11.5. The second-order valence-corrected chi connectivity index (χ2v) is 4.60. The van der Waals surface area contributed by atoms with Crippen molar-refractivity contribution in [2.24, 2.45) is 0 Å². The molecule has 1 unspecified atom stereocenters. The molecule has 0 aliphatic rings. The third-order valence-corrected chi connectivity index (χ3v) is 3.50. The van der Waals surface area contributed by atoms with E-state index in [1.807, 2.05) is 38.1 Å². The van der Waals surface area contributed by atoms with Crippen molar-refractivity contribution < 1.29 is 8.78 Å². The number of alkyl halides is 2. The summed E-state index contributed by atoms with van der Waals surface area (Å²) in [7, 11) is 0. The molecule has 0 saturated carbocycles. The molecule has 0 bridgehead atoms. The first kappa shape index (κ1) is 15.1. The van der Waals surface area contributed by atoms with Crippen molar-refractivity contribution in [1.82, 2.24) is 5.32 Å². The highest BCUT2D eigenvalue weighted by atomic mass is 19.3. The second kappa shape index (κ2) is 6.83. The maximum atomic E-state index is 13.5. The third-order valence-electron chi connectivity index (χ3n) is 3.50. The van der Waals surface area contributed by atoms with E-state index in [1.165, 1.54) is 5.56 Å². The molecule has 1 rings (SSSR count). The largest absolute Gasteiger partial charge is 0.303 e. The van der Waals surface area contributed by atoms with Gasteiger partial charge in [0.15, 0.2) is 0 Å². The zero-order chi connectivity index (χ0) is 13.6. The number of halogens is 2. The summed E-state index contributed by atoms with van der Waals surface area (Å²) in [6, 6.07) is 7.54. The van der Waals surface area contributed by atoms with Crippen molar-refractivity contribution in [3.63, 3.8) is 0 Å². The minimum atomic E-state index is -2.40. The van der Waals surface area contributed by atoms with Crippen molar-refractivity contribution in [2.75, 3.05) is 6.54 Å². The Kier molecular flexibility index (Phi) is 5.73. The van der Waals surface area contributed by atoms with Gasteiger partial charge in [-0.25, -0.2) is 8.78 Å². The van der Waals surface area contributed by atoms with Crippen LogP contribution >= 0.6 is 0 Å². The molecule has 0 aliphatic carbocycles. The van der Waals surface area contributed by atoms with Crippen molar-refractivity contribution in [1.29, 1.82) is 0 Å².